The summed E-state index contributed by atoms with van der Waals surface area (Å²) >= 11 is 0. The Bertz CT molecular complexity index is 1220. The third-order valence-corrected chi connectivity index (χ3v) is 5.43. The van der Waals surface area contributed by atoms with Gasteiger partial charge < -0.3 is 29.2 Å². The Morgan fingerprint density at radius 2 is 0.833 bits per heavy atom. The van der Waals surface area contributed by atoms with Gasteiger partial charge in [-0.05, 0) is 57.7 Å². The highest BCUT2D eigenvalue weighted by Crippen LogP contribution is 2.35. The molecule has 36 heavy (non-hydrogen) atoms. The lowest BCUT2D eigenvalue weighted by Crippen LogP contribution is -1.99. The molecule has 2 N–H and O–H groups in total. The Hall–Kier alpha value is -4.72. The molecule has 0 radical (unpaired) electrons. The fourth-order valence-electron chi connectivity index (χ4n) is 3.75. The summed E-state index contributed by atoms with van der Waals surface area (Å²) < 4.78 is 21.3. The second-order valence-electron chi connectivity index (χ2n) is 7.51. The molecule has 0 heterocycles. The van der Waals surface area contributed by atoms with Crippen LogP contribution in [-0.2, 0) is 9.59 Å². The highest BCUT2D eigenvalue weighted by atomic mass is 16.5. The summed E-state index contributed by atoms with van der Waals surface area (Å²) in [7, 11) is 6.04. The average Bonchev–Trinajstić information content (AvgIpc) is 2.89. The van der Waals surface area contributed by atoms with E-state index >= 15 is 0 Å². The smallest absolute Gasteiger partial charge is 0.328 e. The summed E-state index contributed by atoms with van der Waals surface area (Å²) in [5.41, 5.74) is 3.37. The summed E-state index contributed by atoms with van der Waals surface area (Å²) in [6.07, 6.45) is 2.22. The average molecular weight is 491 g/mol. The first-order chi connectivity index (χ1) is 17.3. The van der Waals surface area contributed by atoms with Crippen LogP contribution in [0, 0.1) is 0 Å². The molecule has 0 bridgehead atoms. The lowest BCUT2D eigenvalue weighted by atomic mass is 9.92. The predicted octanol–water partition coefficient (Wildman–Crippen LogP) is 4.75. The molecule has 3 rings (SSSR count). The molecule has 0 aromatic heterocycles. The molecule has 0 atom stereocenters. The van der Waals surface area contributed by atoms with Gasteiger partial charge in [0.15, 0.2) is 23.0 Å². The van der Waals surface area contributed by atoms with E-state index in [-0.39, 0.29) is 0 Å². The van der Waals surface area contributed by atoms with Crippen molar-refractivity contribution in [1.29, 1.82) is 0 Å². The number of ether oxygens (including phenoxy) is 4. The van der Waals surface area contributed by atoms with E-state index in [0.29, 0.717) is 56.4 Å². The molecule has 0 aliphatic rings. The molecule has 0 fully saturated rings. The zero-order valence-electron chi connectivity index (χ0n) is 20.3. The van der Waals surface area contributed by atoms with E-state index < -0.39 is 11.9 Å². The van der Waals surface area contributed by atoms with Crippen molar-refractivity contribution in [2.45, 2.75) is 0 Å². The Balaban J connectivity index is 2.08. The summed E-state index contributed by atoms with van der Waals surface area (Å²) in [5.74, 6) is -0.262. The number of carbonyl (C=O) groups is 2. The molecule has 0 saturated carbocycles. The fraction of sp³-hybridized carbons (Fsp3) is 0.143. The highest BCUT2D eigenvalue weighted by Gasteiger charge is 2.15. The third kappa shape index (κ3) is 5.85. The van der Waals surface area contributed by atoms with Crippen LogP contribution in [0.25, 0.3) is 11.1 Å². The van der Waals surface area contributed by atoms with Crippen LogP contribution in [-0.4, -0.2) is 50.6 Å². The molecule has 186 valence electrons. The molecule has 0 unspecified atom stereocenters. The summed E-state index contributed by atoms with van der Waals surface area (Å²) in [6.45, 7) is 0. The van der Waals surface area contributed by atoms with Crippen LogP contribution in [0.4, 0.5) is 0 Å². The van der Waals surface area contributed by atoms with Crippen molar-refractivity contribution in [3.8, 4) is 23.0 Å². The van der Waals surface area contributed by atoms with Crippen LogP contribution in [0.2, 0.25) is 0 Å². The van der Waals surface area contributed by atoms with Crippen molar-refractivity contribution in [2.75, 3.05) is 28.4 Å². The van der Waals surface area contributed by atoms with E-state index in [1.54, 1.807) is 60.7 Å². The topological polar surface area (TPSA) is 112 Å². The van der Waals surface area contributed by atoms with Crippen LogP contribution >= 0.6 is 0 Å². The van der Waals surface area contributed by atoms with Crippen molar-refractivity contribution in [3.05, 3.63) is 95.1 Å². The number of aliphatic carboxylic acids is 2. The van der Waals surface area contributed by atoms with Gasteiger partial charge >= 0.3 is 11.9 Å². The lowest BCUT2D eigenvalue weighted by molar-refractivity contribution is -0.132. The largest absolute Gasteiger partial charge is 0.493 e. The number of carboxylic acid groups (broad SMARTS) is 2. The zero-order chi connectivity index (χ0) is 26.2. The number of hydrogen-bond acceptors (Lipinski definition) is 6. The molecule has 8 heteroatoms. The van der Waals surface area contributed by atoms with E-state index in [1.165, 1.54) is 28.4 Å². The first-order valence-electron chi connectivity index (χ1n) is 10.8. The predicted molar refractivity (Wildman–Crippen MR) is 135 cm³/mol. The van der Waals surface area contributed by atoms with Gasteiger partial charge in [-0.25, -0.2) is 9.59 Å². The fourth-order valence-corrected chi connectivity index (χ4v) is 3.75. The number of hydrogen-bond donors (Lipinski definition) is 2. The van der Waals surface area contributed by atoms with Gasteiger partial charge in [0.05, 0.1) is 28.4 Å². The monoisotopic (exact) mass is 490 g/mol. The minimum absolute atomic E-state index is 0.449. The van der Waals surface area contributed by atoms with Crippen molar-refractivity contribution < 1.29 is 38.7 Å². The Morgan fingerprint density at radius 3 is 1.11 bits per heavy atom. The summed E-state index contributed by atoms with van der Waals surface area (Å²) in [5, 5.41) is 19.0. The standard InChI is InChI=1S/C28H26O8/c1-33-23-11-9-19(13-25(23)35-3)21(15-27(29)30)17-5-7-18(8-6-17)22(16-28(31)32)20-10-12-24(34-2)26(14-20)36-4/h5-16H,1-4H3,(H,29,30)(H,31,32). The van der Waals surface area contributed by atoms with E-state index in [2.05, 4.69) is 0 Å². The minimum atomic E-state index is -1.11. The molecule has 0 aliphatic heterocycles. The van der Waals surface area contributed by atoms with Crippen molar-refractivity contribution in [3.63, 3.8) is 0 Å². The van der Waals surface area contributed by atoms with Gasteiger partial charge in [0.2, 0.25) is 0 Å². The van der Waals surface area contributed by atoms with Gasteiger partial charge in [-0.1, -0.05) is 36.4 Å². The van der Waals surface area contributed by atoms with E-state index in [4.69, 9.17) is 18.9 Å². The maximum Gasteiger partial charge on any atom is 0.328 e. The second kappa shape index (κ2) is 11.6. The van der Waals surface area contributed by atoms with Gasteiger partial charge in [0, 0.05) is 12.2 Å². The molecule has 0 saturated heterocycles. The van der Waals surface area contributed by atoms with Crippen LogP contribution < -0.4 is 18.9 Å². The first kappa shape index (κ1) is 25.9. The quantitative estimate of drug-likeness (QED) is 0.392. The Labute approximate surface area is 208 Å². The second-order valence-corrected chi connectivity index (χ2v) is 7.51. The summed E-state index contributed by atoms with van der Waals surface area (Å²) in [6, 6.07) is 17.2. The number of benzene rings is 3. The molecule has 3 aromatic rings. The molecule has 0 aliphatic carbocycles. The van der Waals surface area contributed by atoms with Crippen LogP contribution in [0.5, 0.6) is 23.0 Å². The molecule has 3 aromatic carbocycles. The zero-order valence-corrected chi connectivity index (χ0v) is 20.3. The SMILES string of the molecule is COc1ccc(C(=CC(=O)O)c2ccc(C(=CC(=O)O)c3ccc(OC)c(OC)c3)cc2)cc1OC. The van der Waals surface area contributed by atoms with Gasteiger partial charge in [0.1, 0.15) is 0 Å². The molecule has 0 spiro atoms. The van der Waals surface area contributed by atoms with Crippen LogP contribution in [0.1, 0.15) is 22.3 Å². The van der Waals surface area contributed by atoms with E-state index in [0.717, 1.165) is 12.2 Å². The maximum absolute atomic E-state index is 11.6. The molecular weight excluding hydrogens is 464 g/mol. The van der Waals surface area contributed by atoms with Gasteiger partial charge in [-0.15, -0.1) is 0 Å². The number of methoxy groups -OCH3 is 4. The molecule has 8 nitrogen and oxygen atoms in total. The van der Waals surface area contributed by atoms with E-state index in [9.17, 15) is 19.8 Å². The first-order valence-corrected chi connectivity index (χ1v) is 10.8. The van der Waals surface area contributed by atoms with Crippen molar-refractivity contribution >= 4 is 23.1 Å². The normalized spacial score (nSPS) is 11.6. The maximum atomic E-state index is 11.6. The summed E-state index contributed by atoms with van der Waals surface area (Å²) in [4.78, 5) is 23.2. The lowest BCUT2D eigenvalue weighted by Gasteiger charge is -2.14. The Morgan fingerprint density at radius 1 is 0.528 bits per heavy atom. The van der Waals surface area contributed by atoms with Crippen LogP contribution in [0.3, 0.4) is 0 Å². The number of rotatable bonds is 10. The molecule has 0 amide bonds. The van der Waals surface area contributed by atoms with Gasteiger partial charge in [-0.2, -0.15) is 0 Å². The van der Waals surface area contributed by atoms with Crippen molar-refractivity contribution in [2.24, 2.45) is 0 Å². The van der Waals surface area contributed by atoms with Gasteiger partial charge in [0.25, 0.3) is 0 Å². The van der Waals surface area contributed by atoms with Crippen molar-refractivity contribution in [1.82, 2.24) is 0 Å². The minimum Gasteiger partial charge on any atom is -0.493 e. The third-order valence-electron chi connectivity index (χ3n) is 5.43. The molecular formula is C28H26O8. The number of carboxylic acids is 2. The van der Waals surface area contributed by atoms with Crippen LogP contribution in [0.15, 0.2) is 72.8 Å². The van der Waals surface area contributed by atoms with Gasteiger partial charge in [-0.3, -0.25) is 0 Å². The van der Waals surface area contributed by atoms with E-state index in [1.807, 2.05) is 0 Å². The Kier molecular flexibility index (Phi) is 8.35. The highest BCUT2D eigenvalue weighted by molar-refractivity contribution is 5.97.